The molecule has 1 aromatic carbocycles. The minimum absolute atomic E-state index is 0.0394. The van der Waals surface area contributed by atoms with Gasteiger partial charge < -0.3 is 35.7 Å². The predicted molar refractivity (Wildman–Crippen MR) is 148 cm³/mol. The van der Waals surface area contributed by atoms with Crippen LogP contribution in [-0.2, 0) is 20.7 Å². The molecule has 2 rings (SSSR count). The molecule has 38 heavy (non-hydrogen) atoms. The lowest BCUT2D eigenvalue weighted by Gasteiger charge is -2.28. The quantitative estimate of drug-likeness (QED) is 0.239. The number of hydrogen-bond acceptors (Lipinski definition) is 7. The van der Waals surface area contributed by atoms with Crippen LogP contribution in [0.5, 0.6) is 11.5 Å². The first-order chi connectivity index (χ1) is 17.9. The maximum absolute atomic E-state index is 12.9. The highest BCUT2D eigenvalue weighted by molar-refractivity contribution is 5.83. The van der Waals surface area contributed by atoms with Gasteiger partial charge >= 0.3 is 0 Å². The van der Waals surface area contributed by atoms with E-state index in [0.717, 1.165) is 30.6 Å². The van der Waals surface area contributed by atoms with Crippen molar-refractivity contribution >= 4 is 11.8 Å². The number of rotatable bonds is 16. The molecule has 5 atom stereocenters. The van der Waals surface area contributed by atoms with Gasteiger partial charge in [0.15, 0.2) is 11.5 Å². The van der Waals surface area contributed by atoms with Crippen LogP contribution < -0.4 is 25.8 Å². The predicted octanol–water partition coefficient (Wildman–Crippen LogP) is 2.67. The van der Waals surface area contributed by atoms with E-state index < -0.39 is 17.4 Å². The normalized spacial score (nSPS) is 21.2. The fraction of sp³-hybridized carbons (Fsp3) is 0.724. The molecular weight excluding hydrogens is 486 g/mol. The summed E-state index contributed by atoms with van der Waals surface area (Å²) in [4.78, 5) is 24.6. The van der Waals surface area contributed by atoms with Crippen LogP contribution in [0.4, 0.5) is 0 Å². The van der Waals surface area contributed by atoms with Gasteiger partial charge in [0.05, 0.1) is 25.2 Å². The number of aliphatic hydroxyl groups is 1. The first-order valence-corrected chi connectivity index (χ1v) is 13.7. The van der Waals surface area contributed by atoms with Crippen molar-refractivity contribution in [1.29, 1.82) is 0 Å². The van der Waals surface area contributed by atoms with Gasteiger partial charge in [-0.3, -0.25) is 9.59 Å². The Labute approximate surface area is 228 Å². The molecule has 0 saturated carbocycles. The lowest BCUT2D eigenvalue weighted by molar-refractivity contribution is -0.130. The van der Waals surface area contributed by atoms with Gasteiger partial charge in [-0.25, -0.2) is 0 Å². The molecule has 5 N–H and O–H groups in total. The van der Waals surface area contributed by atoms with Crippen molar-refractivity contribution in [2.75, 3.05) is 34.0 Å². The minimum Gasteiger partial charge on any atom is -0.493 e. The van der Waals surface area contributed by atoms with E-state index in [1.54, 1.807) is 28.1 Å². The molecule has 0 spiro atoms. The Bertz CT molecular complexity index is 906. The van der Waals surface area contributed by atoms with E-state index in [1.807, 2.05) is 26.0 Å². The van der Waals surface area contributed by atoms with Crippen LogP contribution >= 0.6 is 0 Å². The lowest BCUT2D eigenvalue weighted by Crippen LogP contribution is -2.46. The Morgan fingerprint density at radius 3 is 2.53 bits per heavy atom. The Morgan fingerprint density at radius 2 is 1.92 bits per heavy atom. The minimum atomic E-state index is -0.832. The highest BCUT2D eigenvalue weighted by atomic mass is 16.5. The van der Waals surface area contributed by atoms with E-state index >= 15 is 0 Å². The molecule has 2 amide bonds. The van der Waals surface area contributed by atoms with Crippen molar-refractivity contribution in [2.24, 2.45) is 28.9 Å². The average molecular weight is 536 g/mol. The van der Waals surface area contributed by atoms with Crippen LogP contribution in [0.1, 0.15) is 59.4 Å². The SMILES string of the molecule is COCCCOc1cc(C[C@H]2C[C@@H]([C@@H](O)C[C@H](C(=O)NCC(C)(C)C(N)=O)C(C)C)NC2C)ccc1OC. The third kappa shape index (κ3) is 9.13. The molecule has 1 heterocycles. The third-order valence-electron chi connectivity index (χ3n) is 7.69. The number of nitrogens with two attached hydrogens (primary N) is 1. The molecule has 1 aliphatic rings. The van der Waals surface area contributed by atoms with Crippen molar-refractivity contribution in [2.45, 2.75) is 78.5 Å². The number of methoxy groups -OCH3 is 2. The van der Waals surface area contributed by atoms with Gasteiger partial charge in [-0.15, -0.1) is 0 Å². The number of aliphatic hydroxyl groups excluding tert-OH is 1. The third-order valence-corrected chi connectivity index (χ3v) is 7.69. The molecule has 9 nitrogen and oxygen atoms in total. The number of carbonyl (C=O) groups is 2. The maximum Gasteiger partial charge on any atom is 0.224 e. The van der Waals surface area contributed by atoms with E-state index in [0.29, 0.717) is 31.3 Å². The number of nitrogens with one attached hydrogen (secondary N) is 2. The standard InChI is InChI=1S/C29H49N3O6/c1-18(2)22(27(34)31-17-29(4,5)28(30)35)16-24(33)23-15-21(19(3)32-23)13-20-9-10-25(37-7)26(14-20)38-12-8-11-36-6/h9-10,14,18-19,21-24,32-33H,8,11-13,15-17H2,1-7H3,(H2,30,35)(H,31,34)/t19?,21-,22-,23-,24-/m0/s1. The Hall–Kier alpha value is -2.36. The summed E-state index contributed by atoms with van der Waals surface area (Å²) >= 11 is 0. The Morgan fingerprint density at radius 1 is 1.21 bits per heavy atom. The number of amides is 2. The summed E-state index contributed by atoms with van der Waals surface area (Å²) in [5.74, 6) is 0.799. The van der Waals surface area contributed by atoms with Gasteiger partial charge in [0.25, 0.3) is 0 Å². The fourth-order valence-corrected chi connectivity index (χ4v) is 4.88. The molecular formula is C29H49N3O6. The second kappa shape index (κ2) is 14.7. The lowest BCUT2D eigenvalue weighted by atomic mass is 9.85. The van der Waals surface area contributed by atoms with E-state index in [9.17, 15) is 14.7 Å². The molecule has 1 unspecified atom stereocenters. The number of ether oxygens (including phenoxy) is 3. The van der Waals surface area contributed by atoms with Crippen molar-refractivity contribution in [1.82, 2.24) is 10.6 Å². The number of carbonyl (C=O) groups excluding carboxylic acids is 2. The molecule has 1 aliphatic heterocycles. The molecule has 9 heteroatoms. The summed E-state index contributed by atoms with van der Waals surface area (Å²) in [5, 5.41) is 17.5. The molecule has 1 fully saturated rings. The van der Waals surface area contributed by atoms with Gasteiger partial charge in [0.1, 0.15) is 0 Å². The highest BCUT2D eigenvalue weighted by Gasteiger charge is 2.37. The fourth-order valence-electron chi connectivity index (χ4n) is 4.88. The van der Waals surface area contributed by atoms with Crippen molar-refractivity contribution < 1.29 is 28.9 Å². The van der Waals surface area contributed by atoms with Crippen LogP contribution in [0, 0.1) is 23.2 Å². The van der Waals surface area contributed by atoms with E-state index in [1.165, 1.54) is 0 Å². The van der Waals surface area contributed by atoms with Crippen molar-refractivity contribution in [3.8, 4) is 11.5 Å². The summed E-state index contributed by atoms with van der Waals surface area (Å²) in [7, 11) is 3.31. The van der Waals surface area contributed by atoms with E-state index in [2.05, 4.69) is 23.6 Å². The van der Waals surface area contributed by atoms with Crippen LogP contribution in [0.25, 0.3) is 0 Å². The highest BCUT2D eigenvalue weighted by Crippen LogP contribution is 2.33. The zero-order valence-corrected chi connectivity index (χ0v) is 24.2. The van der Waals surface area contributed by atoms with Crippen LogP contribution in [-0.4, -0.2) is 69.1 Å². The van der Waals surface area contributed by atoms with E-state index in [-0.39, 0.29) is 36.4 Å². The summed E-state index contributed by atoms with van der Waals surface area (Å²) in [6.45, 7) is 10.9. The number of primary amides is 1. The van der Waals surface area contributed by atoms with Gasteiger partial charge in [-0.2, -0.15) is 0 Å². The topological polar surface area (TPSA) is 132 Å². The van der Waals surface area contributed by atoms with Gasteiger partial charge in [-0.1, -0.05) is 19.9 Å². The van der Waals surface area contributed by atoms with E-state index in [4.69, 9.17) is 19.9 Å². The van der Waals surface area contributed by atoms with Crippen molar-refractivity contribution in [3.63, 3.8) is 0 Å². The van der Waals surface area contributed by atoms with Gasteiger partial charge in [0.2, 0.25) is 11.8 Å². The molecule has 0 aliphatic carbocycles. The second-order valence-corrected chi connectivity index (χ2v) is 11.6. The molecule has 0 radical (unpaired) electrons. The zero-order chi connectivity index (χ0) is 28.5. The number of benzene rings is 1. The summed E-state index contributed by atoms with van der Waals surface area (Å²) in [5.41, 5.74) is 5.76. The molecule has 0 bridgehead atoms. The largest absolute Gasteiger partial charge is 0.493 e. The number of hydrogen-bond donors (Lipinski definition) is 4. The van der Waals surface area contributed by atoms with Gasteiger partial charge in [-0.05, 0) is 69.6 Å². The molecule has 1 saturated heterocycles. The summed E-state index contributed by atoms with van der Waals surface area (Å²) in [6, 6.07) is 6.14. The van der Waals surface area contributed by atoms with Crippen LogP contribution in [0.15, 0.2) is 18.2 Å². The summed E-state index contributed by atoms with van der Waals surface area (Å²) in [6.07, 6.45) is 2.12. The first kappa shape index (κ1) is 31.9. The monoisotopic (exact) mass is 535 g/mol. The first-order valence-electron chi connectivity index (χ1n) is 13.7. The van der Waals surface area contributed by atoms with Gasteiger partial charge in [0, 0.05) is 44.7 Å². The Balaban J connectivity index is 1.99. The smallest absolute Gasteiger partial charge is 0.224 e. The summed E-state index contributed by atoms with van der Waals surface area (Å²) < 4.78 is 16.5. The second-order valence-electron chi connectivity index (χ2n) is 11.6. The zero-order valence-electron chi connectivity index (χ0n) is 24.2. The maximum atomic E-state index is 12.9. The molecule has 1 aromatic rings. The van der Waals surface area contributed by atoms with Crippen molar-refractivity contribution in [3.05, 3.63) is 23.8 Å². The van der Waals surface area contributed by atoms with Crippen LogP contribution in [0.3, 0.4) is 0 Å². The van der Waals surface area contributed by atoms with Crippen LogP contribution in [0.2, 0.25) is 0 Å². The Kier molecular flexibility index (Phi) is 12.3. The average Bonchev–Trinajstić information content (AvgIpc) is 3.23. The molecule has 0 aromatic heterocycles. The molecule has 216 valence electrons.